The highest BCUT2D eigenvalue weighted by atomic mass is 35.5. The first-order valence-corrected chi connectivity index (χ1v) is 12.1. The van der Waals surface area contributed by atoms with Crippen LogP contribution in [0.2, 0.25) is 5.28 Å². The quantitative estimate of drug-likeness (QED) is 0.159. The molecule has 0 aliphatic carbocycles. The monoisotopic (exact) mass is 582 g/mol. The van der Waals surface area contributed by atoms with Gasteiger partial charge in [0.2, 0.25) is 17.0 Å². The minimum atomic E-state index is -1.78. The van der Waals surface area contributed by atoms with Crippen LogP contribution in [0.25, 0.3) is 6.08 Å². The van der Waals surface area contributed by atoms with Crippen LogP contribution in [-0.4, -0.2) is 45.1 Å². The standard InChI is InChI=1S/C24H15ClF4N4O5S/c1-2-37-16-7-11(3-6-15(16)38-21-13(27)9-30-23(25)32-21)8-17-22(35)33(24(36)39-17)10-18(34)31-14-5-4-12(26)19(28)20(14)29/h3-9H,2,10H2,1H3,(H,31,34)/b17-8+. The van der Waals surface area contributed by atoms with E-state index in [1.54, 1.807) is 6.92 Å². The topological polar surface area (TPSA) is 111 Å². The Labute approximate surface area is 226 Å². The Hall–Kier alpha value is -4.17. The first-order chi connectivity index (χ1) is 18.6. The molecule has 39 heavy (non-hydrogen) atoms. The number of carbonyl (C=O) groups is 3. The number of imide groups is 1. The molecule has 0 spiro atoms. The van der Waals surface area contributed by atoms with Gasteiger partial charge in [-0.15, -0.1) is 0 Å². The van der Waals surface area contributed by atoms with Gasteiger partial charge in [0, 0.05) is 0 Å². The Bertz CT molecular complexity index is 1520. The summed E-state index contributed by atoms with van der Waals surface area (Å²) in [6.45, 7) is 1.10. The van der Waals surface area contributed by atoms with Crippen LogP contribution in [0.4, 0.5) is 28.0 Å². The number of ether oxygens (including phenoxy) is 2. The van der Waals surface area contributed by atoms with Crippen molar-refractivity contribution in [2.24, 2.45) is 0 Å². The van der Waals surface area contributed by atoms with E-state index < -0.39 is 58.4 Å². The summed E-state index contributed by atoms with van der Waals surface area (Å²) >= 11 is 6.23. The lowest BCUT2D eigenvalue weighted by atomic mass is 10.2. The van der Waals surface area contributed by atoms with Crippen molar-refractivity contribution in [2.75, 3.05) is 18.5 Å². The van der Waals surface area contributed by atoms with E-state index >= 15 is 0 Å². The molecule has 2 heterocycles. The molecule has 1 saturated heterocycles. The van der Waals surface area contributed by atoms with E-state index in [1.165, 1.54) is 24.3 Å². The van der Waals surface area contributed by atoms with Crippen molar-refractivity contribution in [1.29, 1.82) is 0 Å². The van der Waals surface area contributed by atoms with Crippen molar-refractivity contribution >= 4 is 52.2 Å². The molecule has 0 saturated carbocycles. The lowest BCUT2D eigenvalue weighted by Crippen LogP contribution is -2.36. The van der Waals surface area contributed by atoms with E-state index in [9.17, 15) is 31.9 Å². The molecule has 202 valence electrons. The van der Waals surface area contributed by atoms with Gasteiger partial charge in [-0.1, -0.05) is 6.07 Å². The SMILES string of the molecule is CCOc1cc(/C=C2/SC(=O)N(CC(=O)Nc3ccc(F)c(F)c3F)C2=O)ccc1Oc1nc(Cl)ncc1F. The number of amides is 3. The first kappa shape index (κ1) is 27.9. The predicted octanol–water partition coefficient (Wildman–Crippen LogP) is 5.55. The van der Waals surface area contributed by atoms with Crippen molar-refractivity contribution in [2.45, 2.75) is 6.92 Å². The molecule has 9 nitrogen and oxygen atoms in total. The fourth-order valence-corrected chi connectivity index (χ4v) is 4.18. The summed E-state index contributed by atoms with van der Waals surface area (Å²) in [5.74, 6) is -7.75. The number of rotatable bonds is 8. The number of nitrogens with zero attached hydrogens (tertiary/aromatic N) is 3. The molecule has 3 amide bonds. The number of aromatic nitrogens is 2. The van der Waals surface area contributed by atoms with Crippen LogP contribution in [-0.2, 0) is 9.59 Å². The van der Waals surface area contributed by atoms with Crippen LogP contribution in [0.5, 0.6) is 17.4 Å². The van der Waals surface area contributed by atoms with Crippen molar-refractivity contribution in [3.05, 3.63) is 75.5 Å². The van der Waals surface area contributed by atoms with Gasteiger partial charge in [-0.05, 0) is 66.2 Å². The zero-order valence-electron chi connectivity index (χ0n) is 19.6. The van der Waals surface area contributed by atoms with Gasteiger partial charge in [0.1, 0.15) is 6.54 Å². The number of anilines is 1. The number of hydrogen-bond acceptors (Lipinski definition) is 8. The molecular weight excluding hydrogens is 568 g/mol. The third-order valence-electron chi connectivity index (χ3n) is 4.94. The molecule has 1 aromatic heterocycles. The number of halogens is 5. The second-order valence-corrected chi connectivity index (χ2v) is 8.90. The molecular formula is C24H15ClF4N4O5S. The van der Waals surface area contributed by atoms with E-state index in [0.717, 1.165) is 12.3 Å². The second kappa shape index (κ2) is 11.7. The van der Waals surface area contributed by atoms with Crippen LogP contribution >= 0.6 is 23.4 Å². The fraction of sp³-hybridized carbons (Fsp3) is 0.125. The van der Waals surface area contributed by atoms with Crippen LogP contribution in [0, 0.1) is 23.3 Å². The maximum absolute atomic E-state index is 14.0. The smallest absolute Gasteiger partial charge is 0.294 e. The summed E-state index contributed by atoms with van der Waals surface area (Å²) in [5.41, 5.74) is -0.262. The summed E-state index contributed by atoms with van der Waals surface area (Å²) in [4.78, 5) is 45.2. The maximum atomic E-state index is 14.0. The Morgan fingerprint density at radius 3 is 2.62 bits per heavy atom. The molecule has 0 unspecified atom stereocenters. The van der Waals surface area contributed by atoms with Gasteiger partial charge in [0.25, 0.3) is 17.0 Å². The third-order valence-corrected chi connectivity index (χ3v) is 6.03. The number of carbonyl (C=O) groups excluding carboxylic acids is 3. The minimum Gasteiger partial charge on any atom is -0.490 e. The van der Waals surface area contributed by atoms with E-state index in [4.69, 9.17) is 21.1 Å². The first-order valence-electron chi connectivity index (χ1n) is 10.9. The lowest BCUT2D eigenvalue weighted by molar-refractivity contribution is -0.127. The van der Waals surface area contributed by atoms with Gasteiger partial charge in [-0.2, -0.15) is 9.37 Å². The average molecular weight is 583 g/mol. The zero-order chi connectivity index (χ0) is 28.3. The number of hydrogen-bond donors (Lipinski definition) is 1. The molecule has 0 atom stereocenters. The van der Waals surface area contributed by atoms with Crippen molar-refractivity contribution < 1.29 is 41.4 Å². The Morgan fingerprint density at radius 2 is 1.87 bits per heavy atom. The van der Waals surface area contributed by atoms with Gasteiger partial charge < -0.3 is 14.8 Å². The zero-order valence-corrected chi connectivity index (χ0v) is 21.2. The highest BCUT2D eigenvalue weighted by Gasteiger charge is 2.36. The van der Waals surface area contributed by atoms with E-state index in [0.29, 0.717) is 28.3 Å². The number of benzene rings is 2. The van der Waals surface area contributed by atoms with Gasteiger partial charge in [0.15, 0.2) is 29.0 Å². The molecule has 4 rings (SSSR count). The second-order valence-electron chi connectivity index (χ2n) is 7.57. The van der Waals surface area contributed by atoms with Crippen molar-refractivity contribution in [3.63, 3.8) is 0 Å². The Morgan fingerprint density at radius 1 is 1.10 bits per heavy atom. The number of thioether (sulfide) groups is 1. The molecule has 1 fully saturated rings. The minimum absolute atomic E-state index is 0.0449. The van der Waals surface area contributed by atoms with Crippen molar-refractivity contribution in [3.8, 4) is 17.4 Å². The summed E-state index contributed by atoms with van der Waals surface area (Å²) in [6, 6.07) is 5.79. The molecule has 1 N–H and O–H groups in total. The average Bonchev–Trinajstić information content (AvgIpc) is 3.15. The highest BCUT2D eigenvalue weighted by Crippen LogP contribution is 2.36. The normalized spacial score (nSPS) is 14.2. The molecule has 1 aliphatic rings. The Balaban J connectivity index is 1.50. The molecule has 1 aliphatic heterocycles. The largest absolute Gasteiger partial charge is 0.490 e. The summed E-state index contributed by atoms with van der Waals surface area (Å²) in [5, 5.41) is 0.976. The molecule has 15 heteroatoms. The van der Waals surface area contributed by atoms with Crippen LogP contribution < -0.4 is 14.8 Å². The molecule has 0 radical (unpaired) electrons. The maximum Gasteiger partial charge on any atom is 0.294 e. The van der Waals surface area contributed by atoms with Gasteiger partial charge in [-0.3, -0.25) is 19.3 Å². The molecule has 2 aromatic carbocycles. The van der Waals surface area contributed by atoms with Gasteiger partial charge >= 0.3 is 0 Å². The molecule has 0 bridgehead atoms. The van der Waals surface area contributed by atoms with Crippen LogP contribution in [0.3, 0.4) is 0 Å². The van der Waals surface area contributed by atoms with Crippen LogP contribution in [0.1, 0.15) is 12.5 Å². The summed E-state index contributed by atoms with van der Waals surface area (Å²) < 4.78 is 65.3. The van der Waals surface area contributed by atoms with Crippen LogP contribution in [0.15, 0.2) is 41.4 Å². The Kier molecular flexibility index (Phi) is 8.35. The fourth-order valence-electron chi connectivity index (χ4n) is 3.22. The van der Waals surface area contributed by atoms with Gasteiger partial charge in [-0.25, -0.2) is 18.2 Å². The van der Waals surface area contributed by atoms with Gasteiger partial charge in [0.05, 0.1) is 23.4 Å². The predicted molar refractivity (Wildman–Crippen MR) is 132 cm³/mol. The highest BCUT2D eigenvalue weighted by molar-refractivity contribution is 8.18. The summed E-state index contributed by atoms with van der Waals surface area (Å²) in [6.07, 6.45) is 2.19. The summed E-state index contributed by atoms with van der Waals surface area (Å²) in [7, 11) is 0. The number of nitrogens with one attached hydrogen (secondary N) is 1. The van der Waals surface area contributed by atoms with E-state index in [-0.39, 0.29) is 28.3 Å². The lowest BCUT2D eigenvalue weighted by Gasteiger charge is -2.13. The van der Waals surface area contributed by atoms with E-state index in [2.05, 4.69) is 9.97 Å². The molecule has 3 aromatic rings. The third kappa shape index (κ3) is 6.29. The van der Waals surface area contributed by atoms with E-state index in [1.807, 2.05) is 5.32 Å². The van der Waals surface area contributed by atoms with Crippen molar-refractivity contribution in [1.82, 2.24) is 14.9 Å².